The van der Waals surface area contributed by atoms with Crippen LogP contribution in [-0.4, -0.2) is 39.2 Å². The van der Waals surface area contributed by atoms with Gasteiger partial charge in [-0.3, -0.25) is 4.79 Å². The highest BCUT2D eigenvalue weighted by molar-refractivity contribution is 6.15. The number of carbonyl (C=O) groups excluding carboxylic acids is 2. The van der Waals surface area contributed by atoms with Crippen molar-refractivity contribution in [2.75, 3.05) is 21.3 Å². The van der Waals surface area contributed by atoms with E-state index in [4.69, 9.17) is 18.9 Å². The summed E-state index contributed by atoms with van der Waals surface area (Å²) in [5, 5.41) is 0. The van der Waals surface area contributed by atoms with Crippen LogP contribution in [0.3, 0.4) is 0 Å². The predicted molar refractivity (Wildman–Crippen MR) is 106 cm³/mol. The number of allylic oxidation sites excluding steroid dienone is 1. The molecule has 0 saturated heterocycles. The van der Waals surface area contributed by atoms with Gasteiger partial charge >= 0.3 is 5.97 Å². The molecule has 1 atom stereocenters. The molecule has 0 radical (unpaired) electrons. The highest BCUT2D eigenvalue weighted by atomic mass is 16.6. The third-order valence-electron chi connectivity index (χ3n) is 4.60. The fourth-order valence-electron chi connectivity index (χ4n) is 2.98. The molecule has 0 fully saturated rings. The Morgan fingerprint density at radius 2 is 1.83 bits per heavy atom. The summed E-state index contributed by atoms with van der Waals surface area (Å²) >= 11 is 0. The molecule has 152 valence electrons. The summed E-state index contributed by atoms with van der Waals surface area (Å²) in [7, 11) is 4.40. The molecule has 29 heavy (non-hydrogen) atoms. The minimum atomic E-state index is -0.785. The molecule has 2 aromatic rings. The lowest BCUT2D eigenvalue weighted by Crippen LogP contribution is -2.25. The van der Waals surface area contributed by atoms with Gasteiger partial charge in [0, 0.05) is 17.2 Å². The van der Waals surface area contributed by atoms with Crippen LogP contribution < -0.4 is 18.9 Å². The summed E-state index contributed by atoms with van der Waals surface area (Å²) in [4.78, 5) is 24.4. The van der Waals surface area contributed by atoms with E-state index in [-0.39, 0.29) is 11.5 Å². The second-order valence-electron chi connectivity index (χ2n) is 6.40. The van der Waals surface area contributed by atoms with Gasteiger partial charge in [-0.05, 0) is 44.2 Å². The van der Waals surface area contributed by atoms with Gasteiger partial charge < -0.3 is 23.7 Å². The van der Waals surface area contributed by atoms with Crippen LogP contribution in [0.1, 0.15) is 28.4 Å². The number of esters is 1. The van der Waals surface area contributed by atoms with Gasteiger partial charge in [0.25, 0.3) is 0 Å². The Bertz CT molecular complexity index is 991. The van der Waals surface area contributed by atoms with Crippen LogP contribution in [0.5, 0.6) is 23.0 Å². The van der Waals surface area contributed by atoms with Crippen molar-refractivity contribution in [1.82, 2.24) is 0 Å². The fraction of sp³-hybridized carbons (Fsp3) is 0.273. The Morgan fingerprint density at radius 3 is 2.48 bits per heavy atom. The van der Waals surface area contributed by atoms with Crippen LogP contribution in [0.4, 0.5) is 0 Å². The van der Waals surface area contributed by atoms with E-state index in [9.17, 15) is 9.59 Å². The van der Waals surface area contributed by atoms with Gasteiger partial charge in [0.05, 0.1) is 26.9 Å². The number of Topliss-reactive ketones (excluding diaryl/α,β-unsaturated/α-hetero) is 1. The van der Waals surface area contributed by atoms with E-state index in [1.807, 2.05) is 0 Å². The number of ether oxygens (including phenoxy) is 5. The maximum absolute atomic E-state index is 12.8. The van der Waals surface area contributed by atoms with E-state index >= 15 is 0 Å². The lowest BCUT2D eigenvalue weighted by molar-refractivity contribution is -0.147. The molecular weight excluding hydrogens is 376 g/mol. The average molecular weight is 398 g/mol. The first-order valence-electron chi connectivity index (χ1n) is 8.94. The van der Waals surface area contributed by atoms with Gasteiger partial charge in [-0.1, -0.05) is 0 Å². The Morgan fingerprint density at radius 1 is 1.07 bits per heavy atom. The Labute approximate surface area is 168 Å². The molecule has 1 heterocycles. The molecule has 0 amide bonds. The Hall–Kier alpha value is -3.48. The molecule has 1 unspecified atom stereocenters. The minimum absolute atomic E-state index is 0.171. The van der Waals surface area contributed by atoms with E-state index in [1.165, 1.54) is 7.11 Å². The summed E-state index contributed by atoms with van der Waals surface area (Å²) < 4.78 is 26.7. The quantitative estimate of drug-likeness (QED) is 0.544. The summed E-state index contributed by atoms with van der Waals surface area (Å²) in [5.74, 6) is 1.48. The SMILES string of the molecule is COC(=O)C(C)Oc1ccc2c(c1C)OC(=Cc1ccc(OC)cc1OC)C2=O. The van der Waals surface area contributed by atoms with Crippen molar-refractivity contribution in [2.45, 2.75) is 20.0 Å². The maximum Gasteiger partial charge on any atom is 0.346 e. The Kier molecular flexibility index (Phi) is 5.77. The van der Waals surface area contributed by atoms with E-state index < -0.39 is 12.1 Å². The predicted octanol–water partition coefficient (Wildman–Crippen LogP) is 3.57. The molecule has 7 nitrogen and oxygen atoms in total. The number of fused-ring (bicyclic) bond motifs is 1. The summed E-state index contributed by atoms with van der Waals surface area (Å²) in [6.45, 7) is 3.36. The van der Waals surface area contributed by atoms with Crippen LogP contribution >= 0.6 is 0 Å². The van der Waals surface area contributed by atoms with E-state index in [0.717, 1.165) is 0 Å². The molecule has 3 rings (SSSR count). The van der Waals surface area contributed by atoms with Gasteiger partial charge in [0.1, 0.15) is 23.0 Å². The van der Waals surface area contributed by atoms with Gasteiger partial charge in [-0.2, -0.15) is 0 Å². The van der Waals surface area contributed by atoms with Crippen molar-refractivity contribution in [3.8, 4) is 23.0 Å². The number of carbonyl (C=O) groups is 2. The molecule has 0 aromatic heterocycles. The number of hydrogen-bond acceptors (Lipinski definition) is 7. The third kappa shape index (κ3) is 3.89. The molecular formula is C22H22O7. The van der Waals surface area contributed by atoms with E-state index in [2.05, 4.69) is 4.74 Å². The lowest BCUT2D eigenvalue weighted by atomic mass is 10.1. The van der Waals surface area contributed by atoms with Gasteiger partial charge in [-0.15, -0.1) is 0 Å². The highest BCUT2D eigenvalue weighted by Gasteiger charge is 2.31. The second-order valence-corrected chi connectivity index (χ2v) is 6.40. The maximum atomic E-state index is 12.8. The molecule has 2 aromatic carbocycles. The number of hydrogen-bond donors (Lipinski definition) is 0. The summed E-state index contributed by atoms with van der Waals surface area (Å²) in [6.07, 6.45) is 0.838. The van der Waals surface area contributed by atoms with Crippen molar-refractivity contribution >= 4 is 17.8 Å². The summed E-state index contributed by atoms with van der Waals surface area (Å²) in [5.41, 5.74) is 1.73. The minimum Gasteiger partial charge on any atom is -0.497 e. The van der Waals surface area contributed by atoms with Gasteiger partial charge in [0.15, 0.2) is 11.9 Å². The molecule has 0 aliphatic carbocycles. The first-order valence-corrected chi connectivity index (χ1v) is 8.94. The molecule has 0 bridgehead atoms. The molecule has 1 aliphatic heterocycles. The number of rotatable bonds is 6. The van der Waals surface area contributed by atoms with Crippen LogP contribution in [0.15, 0.2) is 36.1 Å². The zero-order chi connectivity index (χ0) is 21.1. The van der Waals surface area contributed by atoms with Crippen molar-refractivity contribution in [1.29, 1.82) is 0 Å². The smallest absolute Gasteiger partial charge is 0.346 e. The molecule has 0 N–H and O–H groups in total. The molecule has 7 heteroatoms. The highest BCUT2D eigenvalue weighted by Crippen LogP contribution is 2.40. The first-order chi connectivity index (χ1) is 13.9. The van der Waals surface area contributed by atoms with Crippen LogP contribution in [0.25, 0.3) is 6.08 Å². The van der Waals surface area contributed by atoms with Crippen LogP contribution in [-0.2, 0) is 9.53 Å². The van der Waals surface area contributed by atoms with Crippen molar-refractivity contribution in [3.63, 3.8) is 0 Å². The van der Waals surface area contributed by atoms with E-state index in [0.29, 0.717) is 39.7 Å². The van der Waals surface area contributed by atoms with Crippen molar-refractivity contribution < 1.29 is 33.3 Å². The summed E-state index contributed by atoms with van der Waals surface area (Å²) in [6, 6.07) is 8.54. The zero-order valence-corrected chi connectivity index (χ0v) is 16.9. The monoisotopic (exact) mass is 398 g/mol. The largest absolute Gasteiger partial charge is 0.497 e. The Balaban J connectivity index is 1.92. The number of methoxy groups -OCH3 is 3. The standard InChI is InChI=1S/C22H22O7/c1-12-17(28-13(2)22(24)27-5)9-8-16-20(23)19(29-21(12)16)10-14-6-7-15(25-3)11-18(14)26-4/h6-11,13H,1-5H3. The van der Waals surface area contributed by atoms with Crippen LogP contribution in [0, 0.1) is 6.92 Å². The molecule has 1 aliphatic rings. The molecule has 0 spiro atoms. The second kappa shape index (κ2) is 8.26. The van der Waals surface area contributed by atoms with Crippen LogP contribution in [0.2, 0.25) is 0 Å². The lowest BCUT2D eigenvalue weighted by Gasteiger charge is -2.15. The van der Waals surface area contributed by atoms with Gasteiger partial charge in [-0.25, -0.2) is 4.79 Å². The zero-order valence-electron chi connectivity index (χ0n) is 16.9. The first kappa shape index (κ1) is 20.3. The normalized spacial score (nSPS) is 14.8. The van der Waals surface area contributed by atoms with Crippen molar-refractivity contribution in [2.24, 2.45) is 0 Å². The van der Waals surface area contributed by atoms with Crippen molar-refractivity contribution in [3.05, 3.63) is 52.8 Å². The topological polar surface area (TPSA) is 80.3 Å². The molecule has 0 saturated carbocycles. The number of ketones is 1. The van der Waals surface area contributed by atoms with Gasteiger partial charge in [0.2, 0.25) is 5.78 Å². The van der Waals surface area contributed by atoms with E-state index in [1.54, 1.807) is 64.5 Å². The average Bonchev–Trinajstić information content (AvgIpc) is 3.05. The fourth-order valence-corrected chi connectivity index (χ4v) is 2.98. The number of benzene rings is 2. The third-order valence-corrected chi connectivity index (χ3v) is 4.60.